The number of hydrogen-bond donors (Lipinski definition) is 2. The normalized spacial score (nSPS) is 17.6. The first kappa shape index (κ1) is 19.9. The van der Waals surface area contributed by atoms with E-state index >= 15 is 0 Å². The van der Waals surface area contributed by atoms with E-state index in [0.29, 0.717) is 25.9 Å². The molecule has 2 aromatic carbocycles. The molecule has 0 aromatic heterocycles. The number of ether oxygens (including phenoxy) is 1. The van der Waals surface area contributed by atoms with Gasteiger partial charge in [0.05, 0.1) is 18.9 Å². The average molecular weight is 380 g/mol. The van der Waals surface area contributed by atoms with Crippen LogP contribution in [0.1, 0.15) is 24.0 Å². The van der Waals surface area contributed by atoms with E-state index in [9.17, 15) is 9.59 Å². The van der Waals surface area contributed by atoms with Crippen LogP contribution >= 0.6 is 0 Å². The van der Waals surface area contributed by atoms with Gasteiger partial charge >= 0.3 is 0 Å². The van der Waals surface area contributed by atoms with Gasteiger partial charge in [-0.15, -0.1) is 0 Å². The monoisotopic (exact) mass is 380 g/mol. The van der Waals surface area contributed by atoms with Crippen molar-refractivity contribution < 1.29 is 14.3 Å². The molecule has 2 N–H and O–H groups in total. The molecule has 1 fully saturated rings. The first-order valence-electron chi connectivity index (χ1n) is 9.90. The zero-order valence-corrected chi connectivity index (χ0v) is 16.3. The van der Waals surface area contributed by atoms with E-state index in [1.54, 1.807) is 7.11 Å². The average Bonchev–Trinajstić information content (AvgIpc) is 3.53. The second kappa shape index (κ2) is 9.93. The van der Waals surface area contributed by atoms with Crippen molar-refractivity contribution in [3.05, 3.63) is 65.7 Å². The lowest BCUT2D eigenvalue weighted by molar-refractivity contribution is -0.127. The zero-order valence-electron chi connectivity index (χ0n) is 16.3. The standard InChI is InChI=1S/C23H28N2O3/c1-28-21-12-6-5-11-18(21)13-15-25-23(27)20-16-19(20)22(26)24-14-7-10-17-8-3-2-4-9-17/h2-6,8-9,11-12,19-20H,7,10,13-16H2,1H3,(H,24,26)(H,25,27). The summed E-state index contributed by atoms with van der Waals surface area (Å²) in [6.07, 6.45) is 3.20. The number of methoxy groups -OCH3 is 1. The van der Waals surface area contributed by atoms with Crippen LogP contribution in [0.2, 0.25) is 0 Å². The van der Waals surface area contributed by atoms with E-state index in [1.165, 1.54) is 5.56 Å². The van der Waals surface area contributed by atoms with E-state index in [-0.39, 0.29) is 23.7 Å². The topological polar surface area (TPSA) is 67.4 Å². The summed E-state index contributed by atoms with van der Waals surface area (Å²) in [7, 11) is 1.64. The van der Waals surface area contributed by atoms with Gasteiger partial charge < -0.3 is 15.4 Å². The number of para-hydroxylation sites is 1. The van der Waals surface area contributed by atoms with E-state index in [4.69, 9.17) is 4.74 Å². The molecule has 0 bridgehead atoms. The Morgan fingerprint density at radius 1 is 0.893 bits per heavy atom. The van der Waals surface area contributed by atoms with E-state index in [2.05, 4.69) is 22.8 Å². The van der Waals surface area contributed by atoms with Crippen molar-refractivity contribution >= 4 is 11.8 Å². The largest absolute Gasteiger partial charge is 0.496 e. The molecule has 5 nitrogen and oxygen atoms in total. The van der Waals surface area contributed by atoms with E-state index < -0.39 is 0 Å². The van der Waals surface area contributed by atoms with Crippen molar-refractivity contribution in [2.24, 2.45) is 11.8 Å². The SMILES string of the molecule is COc1ccccc1CCNC(=O)C1CC1C(=O)NCCCc1ccccc1. The molecule has 0 saturated heterocycles. The maximum Gasteiger partial charge on any atom is 0.223 e. The fourth-order valence-electron chi connectivity index (χ4n) is 3.42. The molecule has 5 heteroatoms. The van der Waals surface area contributed by atoms with Crippen molar-refractivity contribution in [3.63, 3.8) is 0 Å². The van der Waals surface area contributed by atoms with Crippen LogP contribution in [0.15, 0.2) is 54.6 Å². The maximum atomic E-state index is 12.3. The highest BCUT2D eigenvalue weighted by Crippen LogP contribution is 2.38. The van der Waals surface area contributed by atoms with Crippen LogP contribution in [-0.4, -0.2) is 32.0 Å². The number of benzene rings is 2. The zero-order chi connectivity index (χ0) is 19.8. The van der Waals surface area contributed by atoms with Crippen LogP contribution in [-0.2, 0) is 22.4 Å². The molecule has 0 aliphatic heterocycles. The van der Waals surface area contributed by atoms with Crippen LogP contribution in [0, 0.1) is 11.8 Å². The van der Waals surface area contributed by atoms with Crippen LogP contribution in [0.5, 0.6) is 5.75 Å². The van der Waals surface area contributed by atoms with Crippen molar-refractivity contribution in [2.75, 3.05) is 20.2 Å². The molecule has 3 rings (SSSR count). The fourth-order valence-corrected chi connectivity index (χ4v) is 3.42. The van der Waals surface area contributed by atoms with Crippen LogP contribution in [0.4, 0.5) is 0 Å². The Morgan fingerprint density at radius 2 is 1.54 bits per heavy atom. The Balaban J connectivity index is 1.31. The molecule has 0 heterocycles. The van der Waals surface area contributed by atoms with Crippen LogP contribution in [0.25, 0.3) is 0 Å². The Kier molecular flexibility index (Phi) is 7.06. The molecule has 2 amide bonds. The molecule has 1 aliphatic carbocycles. The molecular weight excluding hydrogens is 352 g/mol. The molecule has 2 aromatic rings. The van der Waals surface area contributed by atoms with Gasteiger partial charge in [-0.2, -0.15) is 0 Å². The lowest BCUT2D eigenvalue weighted by Crippen LogP contribution is -2.31. The lowest BCUT2D eigenvalue weighted by atomic mass is 10.1. The highest BCUT2D eigenvalue weighted by molar-refractivity contribution is 5.92. The van der Waals surface area contributed by atoms with Crippen molar-refractivity contribution in [3.8, 4) is 5.75 Å². The van der Waals surface area contributed by atoms with Gasteiger partial charge in [0.25, 0.3) is 0 Å². The third-order valence-corrected chi connectivity index (χ3v) is 5.13. The van der Waals surface area contributed by atoms with Gasteiger partial charge in [0.2, 0.25) is 11.8 Å². The van der Waals surface area contributed by atoms with Gasteiger partial charge in [-0.25, -0.2) is 0 Å². The van der Waals surface area contributed by atoms with E-state index in [1.807, 2.05) is 42.5 Å². The minimum atomic E-state index is -0.188. The van der Waals surface area contributed by atoms with Gasteiger partial charge in [-0.05, 0) is 42.9 Å². The first-order chi connectivity index (χ1) is 13.7. The maximum absolute atomic E-state index is 12.3. The number of nitrogens with one attached hydrogen (secondary N) is 2. The van der Waals surface area contributed by atoms with E-state index in [0.717, 1.165) is 24.2 Å². The molecule has 2 unspecified atom stereocenters. The summed E-state index contributed by atoms with van der Waals surface area (Å²) >= 11 is 0. The summed E-state index contributed by atoms with van der Waals surface area (Å²) in [4.78, 5) is 24.5. The van der Waals surface area contributed by atoms with Crippen LogP contribution in [0.3, 0.4) is 0 Å². The van der Waals surface area contributed by atoms with Gasteiger partial charge in [0.1, 0.15) is 5.75 Å². The van der Waals surface area contributed by atoms with Crippen LogP contribution < -0.4 is 15.4 Å². The Hall–Kier alpha value is -2.82. The second-order valence-corrected chi connectivity index (χ2v) is 7.18. The van der Waals surface area contributed by atoms with Gasteiger partial charge in [-0.3, -0.25) is 9.59 Å². The number of aryl methyl sites for hydroxylation is 1. The highest BCUT2D eigenvalue weighted by atomic mass is 16.5. The summed E-state index contributed by atoms with van der Waals surface area (Å²) in [5.41, 5.74) is 2.34. The smallest absolute Gasteiger partial charge is 0.223 e. The molecule has 148 valence electrons. The predicted molar refractivity (Wildman–Crippen MR) is 109 cm³/mol. The van der Waals surface area contributed by atoms with Crippen molar-refractivity contribution in [1.29, 1.82) is 0 Å². The van der Waals surface area contributed by atoms with Gasteiger partial charge in [-0.1, -0.05) is 48.5 Å². The molecule has 0 spiro atoms. The number of amides is 2. The Bertz CT molecular complexity index is 791. The summed E-state index contributed by atoms with van der Waals surface area (Å²) in [6, 6.07) is 18.0. The number of carbonyl (C=O) groups excluding carboxylic acids is 2. The Labute approximate surface area is 166 Å². The highest BCUT2D eigenvalue weighted by Gasteiger charge is 2.47. The molecule has 28 heavy (non-hydrogen) atoms. The third kappa shape index (κ3) is 5.59. The summed E-state index contributed by atoms with van der Waals surface area (Å²) < 4.78 is 5.32. The summed E-state index contributed by atoms with van der Waals surface area (Å²) in [5, 5.41) is 5.90. The minimum absolute atomic E-state index is 0.00191. The third-order valence-electron chi connectivity index (χ3n) is 5.13. The molecule has 1 aliphatic rings. The number of hydrogen-bond acceptors (Lipinski definition) is 3. The first-order valence-corrected chi connectivity index (χ1v) is 9.90. The molecular formula is C23H28N2O3. The molecule has 0 radical (unpaired) electrons. The molecule has 1 saturated carbocycles. The minimum Gasteiger partial charge on any atom is -0.496 e. The summed E-state index contributed by atoms with van der Waals surface area (Å²) in [5.74, 6) is 0.433. The fraction of sp³-hybridized carbons (Fsp3) is 0.391. The van der Waals surface area contributed by atoms with Crippen molar-refractivity contribution in [2.45, 2.75) is 25.7 Å². The van der Waals surface area contributed by atoms with Crippen molar-refractivity contribution in [1.82, 2.24) is 10.6 Å². The lowest BCUT2D eigenvalue weighted by Gasteiger charge is -2.09. The summed E-state index contributed by atoms with van der Waals surface area (Å²) in [6.45, 7) is 1.19. The quantitative estimate of drug-likeness (QED) is 0.623. The number of rotatable bonds is 10. The van der Waals surface area contributed by atoms with Gasteiger partial charge in [0, 0.05) is 13.1 Å². The number of carbonyl (C=O) groups is 2. The second-order valence-electron chi connectivity index (χ2n) is 7.18. The molecule has 2 atom stereocenters. The van der Waals surface area contributed by atoms with Gasteiger partial charge in [0.15, 0.2) is 0 Å². The Morgan fingerprint density at radius 3 is 2.25 bits per heavy atom. The predicted octanol–water partition coefficient (Wildman–Crippen LogP) is 2.74.